The van der Waals surface area contributed by atoms with Gasteiger partial charge in [0.25, 0.3) is 5.91 Å². The molecule has 0 aliphatic rings. The zero-order valence-electron chi connectivity index (χ0n) is 18.3. The van der Waals surface area contributed by atoms with Gasteiger partial charge in [-0.25, -0.2) is 4.79 Å². The van der Waals surface area contributed by atoms with Crippen LogP contribution in [-0.4, -0.2) is 49.4 Å². The van der Waals surface area contributed by atoms with Crippen molar-refractivity contribution >= 4 is 17.8 Å². The van der Waals surface area contributed by atoms with Gasteiger partial charge in [0.1, 0.15) is 5.75 Å². The van der Waals surface area contributed by atoms with Gasteiger partial charge < -0.3 is 24.6 Å². The first-order valence-electron chi connectivity index (χ1n) is 10.4. The maximum Gasteiger partial charge on any atom is 0.333 e. The monoisotopic (exact) mass is 443 g/mol. The summed E-state index contributed by atoms with van der Waals surface area (Å²) < 4.78 is 15.5. The van der Waals surface area contributed by atoms with Crippen LogP contribution in [0.25, 0.3) is 0 Å². The van der Waals surface area contributed by atoms with E-state index in [1.54, 1.807) is 31.2 Å². The minimum absolute atomic E-state index is 0.189. The molecule has 0 aliphatic carbocycles. The summed E-state index contributed by atoms with van der Waals surface area (Å²) in [6.07, 6.45) is -0.0918. The van der Waals surface area contributed by atoms with Crippen molar-refractivity contribution < 1.29 is 33.7 Å². The van der Waals surface area contributed by atoms with Crippen molar-refractivity contribution in [3.05, 3.63) is 65.7 Å². The molecule has 0 heterocycles. The van der Waals surface area contributed by atoms with Crippen molar-refractivity contribution in [3.8, 4) is 5.75 Å². The van der Waals surface area contributed by atoms with E-state index in [-0.39, 0.29) is 37.4 Å². The molecule has 0 aliphatic heterocycles. The zero-order valence-corrected chi connectivity index (χ0v) is 18.3. The number of rotatable bonds is 13. The summed E-state index contributed by atoms with van der Waals surface area (Å²) in [4.78, 5) is 35.3. The molecule has 0 radical (unpaired) electrons. The minimum atomic E-state index is -1.03. The molecule has 2 aromatic carbocycles. The number of carbonyl (C=O) groups excluding carboxylic acids is 2. The molecule has 172 valence electrons. The van der Waals surface area contributed by atoms with Crippen LogP contribution < -0.4 is 10.1 Å². The Bertz CT molecular complexity index is 868. The van der Waals surface area contributed by atoms with Gasteiger partial charge in [0.15, 0.2) is 12.7 Å². The van der Waals surface area contributed by atoms with Gasteiger partial charge in [-0.2, -0.15) is 0 Å². The number of carboxylic acids is 1. The molecular weight excluding hydrogens is 414 g/mol. The lowest BCUT2D eigenvalue weighted by Crippen LogP contribution is -2.33. The first kappa shape index (κ1) is 24.9. The highest BCUT2D eigenvalue weighted by Gasteiger charge is 2.18. The van der Waals surface area contributed by atoms with Crippen LogP contribution in [0.4, 0.5) is 0 Å². The maximum absolute atomic E-state index is 12.5. The summed E-state index contributed by atoms with van der Waals surface area (Å²) >= 11 is 0. The van der Waals surface area contributed by atoms with E-state index in [9.17, 15) is 14.4 Å². The molecule has 8 nitrogen and oxygen atoms in total. The van der Waals surface area contributed by atoms with Crippen LogP contribution in [0.2, 0.25) is 0 Å². The zero-order chi connectivity index (χ0) is 23.3. The highest BCUT2D eigenvalue weighted by molar-refractivity contribution is 5.78. The van der Waals surface area contributed by atoms with E-state index >= 15 is 0 Å². The molecule has 2 unspecified atom stereocenters. The molecule has 2 N–H and O–H groups in total. The second-order valence-corrected chi connectivity index (χ2v) is 7.07. The smallest absolute Gasteiger partial charge is 0.333 e. The maximum atomic E-state index is 12.5. The van der Waals surface area contributed by atoms with Crippen molar-refractivity contribution in [2.45, 2.75) is 38.3 Å². The van der Waals surface area contributed by atoms with E-state index in [2.05, 4.69) is 5.32 Å². The number of aliphatic carboxylic acids is 1. The van der Waals surface area contributed by atoms with E-state index in [0.29, 0.717) is 18.8 Å². The molecular formula is C24H29NO7. The van der Waals surface area contributed by atoms with Gasteiger partial charge in [-0.05, 0) is 36.6 Å². The van der Waals surface area contributed by atoms with Gasteiger partial charge in [-0.3, -0.25) is 9.59 Å². The Morgan fingerprint density at radius 1 is 1.03 bits per heavy atom. The summed E-state index contributed by atoms with van der Waals surface area (Å²) in [5.41, 5.74) is 1.67. The SMILES string of the molecule is CCOC(=O)CCC(NC(=O)COc1ccc(CC(OC)C(=O)O)cc1)c1ccccc1. The van der Waals surface area contributed by atoms with Crippen LogP contribution in [0, 0.1) is 0 Å². The summed E-state index contributed by atoms with van der Waals surface area (Å²) in [6.45, 7) is 1.87. The number of hydrogen-bond donors (Lipinski definition) is 2. The Kier molecular flexibility index (Phi) is 10.2. The molecule has 0 spiro atoms. The fraction of sp³-hybridized carbons (Fsp3) is 0.375. The van der Waals surface area contributed by atoms with Gasteiger partial charge in [0.05, 0.1) is 12.6 Å². The van der Waals surface area contributed by atoms with Crippen molar-refractivity contribution in [2.75, 3.05) is 20.3 Å². The average Bonchev–Trinajstić information content (AvgIpc) is 2.80. The van der Waals surface area contributed by atoms with E-state index in [1.807, 2.05) is 30.3 Å². The number of methoxy groups -OCH3 is 1. The van der Waals surface area contributed by atoms with Crippen molar-refractivity contribution in [1.82, 2.24) is 5.32 Å². The van der Waals surface area contributed by atoms with Gasteiger partial charge in [-0.1, -0.05) is 42.5 Å². The standard InChI is InChI=1S/C24H29NO7/c1-3-31-23(27)14-13-20(18-7-5-4-6-8-18)25-22(26)16-32-19-11-9-17(10-12-19)15-21(30-2)24(28)29/h4-12,20-21H,3,13-16H2,1-2H3,(H,25,26)(H,28,29). The van der Waals surface area contributed by atoms with E-state index in [1.165, 1.54) is 7.11 Å². The number of carbonyl (C=O) groups is 3. The topological polar surface area (TPSA) is 111 Å². The number of esters is 1. The number of hydrogen-bond acceptors (Lipinski definition) is 6. The quantitative estimate of drug-likeness (QED) is 0.458. The van der Waals surface area contributed by atoms with E-state index in [4.69, 9.17) is 19.3 Å². The summed E-state index contributed by atoms with van der Waals surface area (Å²) in [5.74, 6) is -1.17. The lowest BCUT2D eigenvalue weighted by Gasteiger charge is -2.19. The number of nitrogens with one attached hydrogen (secondary N) is 1. The Balaban J connectivity index is 1.90. The first-order chi connectivity index (χ1) is 15.4. The third kappa shape index (κ3) is 8.39. The van der Waals surface area contributed by atoms with Gasteiger partial charge in [0, 0.05) is 20.0 Å². The molecule has 2 aromatic rings. The van der Waals surface area contributed by atoms with Crippen LogP contribution in [0.15, 0.2) is 54.6 Å². The predicted octanol–water partition coefficient (Wildman–Crippen LogP) is 2.91. The second kappa shape index (κ2) is 13.1. The minimum Gasteiger partial charge on any atom is -0.484 e. The third-order valence-corrected chi connectivity index (χ3v) is 4.75. The van der Waals surface area contributed by atoms with Crippen molar-refractivity contribution in [2.24, 2.45) is 0 Å². The molecule has 1 amide bonds. The predicted molar refractivity (Wildman–Crippen MR) is 117 cm³/mol. The average molecular weight is 443 g/mol. The summed E-state index contributed by atoms with van der Waals surface area (Å²) in [5, 5.41) is 12.0. The highest BCUT2D eigenvalue weighted by Crippen LogP contribution is 2.19. The Labute approximate surface area is 187 Å². The van der Waals surface area contributed by atoms with Crippen molar-refractivity contribution in [1.29, 1.82) is 0 Å². The van der Waals surface area contributed by atoms with Crippen molar-refractivity contribution in [3.63, 3.8) is 0 Å². The number of amides is 1. The van der Waals surface area contributed by atoms with Crippen LogP contribution in [0.1, 0.15) is 36.9 Å². The fourth-order valence-corrected chi connectivity index (χ4v) is 3.10. The van der Waals surface area contributed by atoms with Crippen LogP contribution in [0.5, 0.6) is 5.75 Å². The lowest BCUT2D eigenvalue weighted by molar-refractivity contribution is -0.148. The van der Waals surface area contributed by atoms with Gasteiger partial charge in [0.2, 0.25) is 0 Å². The Hall–Kier alpha value is -3.39. The third-order valence-electron chi connectivity index (χ3n) is 4.75. The first-order valence-corrected chi connectivity index (χ1v) is 10.4. The highest BCUT2D eigenvalue weighted by atomic mass is 16.5. The van der Waals surface area contributed by atoms with Crippen LogP contribution >= 0.6 is 0 Å². The molecule has 0 saturated carbocycles. The van der Waals surface area contributed by atoms with Gasteiger partial charge >= 0.3 is 11.9 Å². The fourth-order valence-electron chi connectivity index (χ4n) is 3.10. The number of ether oxygens (including phenoxy) is 3. The van der Waals surface area contributed by atoms with Gasteiger partial charge in [-0.15, -0.1) is 0 Å². The summed E-state index contributed by atoms with van der Waals surface area (Å²) in [7, 11) is 1.35. The molecule has 2 rings (SSSR count). The molecule has 0 saturated heterocycles. The number of benzene rings is 2. The summed E-state index contributed by atoms with van der Waals surface area (Å²) in [6, 6.07) is 15.9. The molecule has 8 heteroatoms. The van der Waals surface area contributed by atoms with E-state index < -0.39 is 12.1 Å². The molecule has 0 aromatic heterocycles. The van der Waals surface area contributed by atoms with Crippen LogP contribution in [-0.2, 0) is 30.3 Å². The van der Waals surface area contributed by atoms with Crippen LogP contribution in [0.3, 0.4) is 0 Å². The Morgan fingerprint density at radius 2 is 1.72 bits per heavy atom. The lowest BCUT2D eigenvalue weighted by atomic mass is 10.0. The molecule has 0 fully saturated rings. The normalized spacial score (nSPS) is 12.4. The van der Waals surface area contributed by atoms with E-state index in [0.717, 1.165) is 11.1 Å². The molecule has 0 bridgehead atoms. The molecule has 32 heavy (non-hydrogen) atoms. The number of carboxylic acid groups (broad SMARTS) is 1. The molecule has 2 atom stereocenters. The second-order valence-electron chi connectivity index (χ2n) is 7.07. The Morgan fingerprint density at radius 3 is 2.31 bits per heavy atom. The largest absolute Gasteiger partial charge is 0.484 e.